The maximum absolute atomic E-state index is 11.7. The summed E-state index contributed by atoms with van der Waals surface area (Å²) in [4.78, 5) is 11.7. The van der Waals surface area contributed by atoms with E-state index in [-0.39, 0.29) is 17.1 Å². The van der Waals surface area contributed by atoms with Gasteiger partial charge in [0, 0.05) is 17.7 Å². The molecule has 20 heavy (non-hydrogen) atoms. The number of nitrogens with one attached hydrogen (secondary N) is 4. The van der Waals surface area contributed by atoms with Crippen molar-refractivity contribution in [2.75, 3.05) is 5.32 Å². The normalized spacial score (nSPS) is 14.6. The van der Waals surface area contributed by atoms with Crippen LogP contribution in [-0.2, 0) is 0 Å². The monoisotopic (exact) mass is 286 g/mol. The summed E-state index contributed by atoms with van der Waals surface area (Å²) in [6, 6.07) is 2.86. The number of rotatable bonds is 3. The van der Waals surface area contributed by atoms with E-state index in [0.717, 1.165) is 6.07 Å². The second-order valence-corrected chi connectivity index (χ2v) is 5.24. The van der Waals surface area contributed by atoms with Crippen molar-refractivity contribution in [3.8, 4) is 0 Å². The molecule has 9 heteroatoms. The number of carbonyl (C=O) groups is 1. The van der Waals surface area contributed by atoms with E-state index in [1.807, 2.05) is 0 Å². The number of quaternary nitrogens is 2. The highest BCUT2D eigenvalue weighted by molar-refractivity contribution is 5.90. The van der Waals surface area contributed by atoms with Gasteiger partial charge in [-0.2, -0.15) is 10.5 Å². The molecule has 6 N–H and O–H groups in total. The van der Waals surface area contributed by atoms with Gasteiger partial charge >= 0.3 is 6.03 Å². The van der Waals surface area contributed by atoms with Gasteiger partial charge in [-0.15, -0.1) is 0 Å². The van der Waals surface area contributed by atoms with Crippen LogP contribution < -0.4 is 21.1 Å². The van der Waals surface area contributed by atoms with Gasteiger partial charge in [-0.25, -0.2) is 15.2 Å². The molecule has 0 fully saturated rings. The minimum atomic E-state index is -1.27. The van der Waals surface area contributed by atoms with Crippen molar-refractivity contribution in [3.05, 3.63) is 28.6 Å². The van der Waals surface area contributed by atoms with Crippen LogP contribution in [0.25, 0.3) is 0 Å². The van der Waals surface area contributed by atoms with Gasteiger partial charge in [0.25, 0.3) is 0 Å². The molecular weight excluding hydrogens is 268 g/mol. The smallest absolute Gasteiger partial charge is 0.319 e. The molecule has 0 heterocycles. The fraction of sp³-hybridized carbons (Fsp3) is 0.364. The maximum atomic E-state index is 11.7. The molecule has 0 aliphatic heterocycles. The number of hydrogen-bond acceptors (Lipinski definition) is 5. The van der Waals surface area contributed by atoms with Crippen LogP contribution in [0.5, 0.6) is 0 Å². The highest BCUT2D eigenvalue weighted by atomic mass is 16.8. The summed E-state index contributed by atoms with van der Waals surface area (Å²) >= 11 is 0. The number of hydrogen-bond donors (Lipinski definition) is 6. The van der Waals surface area contributed by atoms with E-state index >= 15 is 0 Å². The van der Waals surface area contributed by atoms with Crippen molar-refractivity contribution in [2.45, 2.75) is 26.3 Å². The molecule has 0 saturated heterocycles. The zero-order chi connectivity index (χ0) is 15.5. The summed E-state index contributed by atoms with van der Waals surface area (Å²) in [7, 11) is 0. The number of amides is 2. The average molecular weight is 286 g/mol. The van der Waals surface area contributed by atoms with Crippen LogP contribution in [-0.4, -0.2) is 22.0 Å². The van der Waals surface area contributed by atoms with E-state index in [1.165, 1.54) is 12.1 Å². The molecule has 2 amide bonds. The molecule has 9 nitrogen and oxygen atoms in total. The van der Waals surface area contributed by atoms with E-state index in [2.05, 4.69) is 10.6 Å². The summed E-state index contributed by atoms with van der Waals surface area (Å²) in [5, 5.41) is 42.2. The first-order valence-electron chi connectivity index (χ1n) is 5.79. The van der Waals surface area contributed by atoms with Crippen LogP contribution >= 0.6 is 0 Å². The summed E-state index contributed by atoms with van der Waals surface area (Å²) in [5.74, 6) is 0. The predicted molar refractivity (Wildman–Crippen MR) is 69.9 cm³/mol. The first kappa shape index (κ1) is 16.3. The highest BCUT2D eigenvalue weighted by Gasteiger charge is 2.16. The zero-order valence-corrected chi connectivity index (χ0v) is 11.4. The second kappa shape index (κ2) is 6.13. The van der Waals surface area contributed by atoms with E-state index < -0.39 is 22.0 Å². The SMILES string of the molecule is CC(C)(C)NC(=O)Nc1cc([NH+]([O-])O)cc([NH+]([O-])O)c1. The molecule has 112 valence electrons. The summed E-state index contributed by atoms with van der Waals surface area (Å²) in [6.45, 7) is 5.34. The van der Waals surface area contributed by atoms with Crippen molar-refractivity contribution in [1.29, 1.82) is 0 Å². The summed E-state index contributed by atoms with van der Waals surface area (Å²) in [5.41, 5.74) is -0.791. The largest absolute Gasteiger partial charge is 0.595 e. The lowest BCUT2D eigenvalue weighted by molar-refractivity contribution is -0.996. The molecule has 0 saturated carbocycles. The molecule has 0 spiro atoms. The Labute approximate surface area is 115 Å². The van der Waals surface area contributed by atoms with Gasteiger partial charge in [-0.3, -0.25) is 0 Å². The Balaban J connectivity index is 2.97. The maximum Gasteiger partial charge on any atom is 0.319 e. The molecule has 1 aromatic carbocycles. The van der Waals surface area contributed by atoms with Gasteiger partial charge < -0.3 is 21.0 Å². The first-order chi connectivity index (χ1) is 9.08. The molecule has 1 aromatic rings. The Hall–Kier alpha value is -1.75. The van der Waals surface area contributed by atoms with Crippen LogP contribution in [0.1, 0.15) is 20.8 Å². The molecular formula is C11H18N4O5. The Morgan fingerprint density at radius 1 is 1.10 bits per heavy atom. The molecule has 0 radical (unpaired) electrons. The molecule has 0 aliphatic rings. The quantitative estimate of drug-likeness (QED) is 0.413. The lowest BCUT2D eigenvalue weighted by Gasteiger charge is -2.21. The second-order valence-electron chi connectivity index (χ2n) is 5.24. The number of benzene rings is 1. The standard InChI is InChI=1S/C11H18N4O5/c1-11(2,3)13-10(16)12-7-4-8(14(17)18)6-9(5-7)15(19)20/h4-6,14-15,17,19H,1-3H3,(H2,12,13,16). The van der Waals surface area contributed by atoms with Crippen molar-refractivity contribution >= 4 is 23.1 Å². The third-order valence-electron chi connectivity index (χ3n) is 2.17. The zero-order valence-electron chi connectivity index (χ0n) is 11.4. The van der Waals surface area contributed by atoms with Crippen molar-refractivity contribution in [2.24, 2.45) is 0 Å². The van der Waals surface area contributed by atoms with Gasteiger partial charge in [-0.1, -0.05) is 0 Å². The van der Waals surface area contributed by atoms with Crippen LogP contribution in [0, 0.1) is 10.4 Å². The van der Waals surface area contributed by atoms with E-state index in [1.54, 1.807) is 20.8 Å². The molecule has 0 aromatic heterocycles. The predicted octanol–water partition coefficient (Wildman–Crippen LogP) is -0.587. The number of urea groups is 1. The van der Waals surface area contributed by atoms with Crippen LogP contribution in [0.2, 0.25) is 0 Å². The van der Waals surface area contributed by atoms with Crippen LogP contribution in [0.15, 0.2) is 18.2 Å². The van der Waals surface area contributed by atoms with Gasteiger partial charge in [-0.05, 0) is 20.8 Å². The number of carbonyl (C=O) groups excluding carboxylic acids is 1. The third kappa shape index (κ3) is 5.09. The van der Waals surface area contributed by atoms with Crippen molar-refractivity contribution < 1.29 is 25.7 Å². The van der Waals surface area contributed by atoms with E-state index in [9.17, 15) is 15.2 Å². The highest BCUT2D eigenvalue weighted by Crippen LogP contribution is 2.17. The van der Waals surface area contributed by atoms with Crippen molar-refractivity contribution in [3.63, 3.8) is 0 Å². The third-order valence-corrected chi connectivity index (χ3v) is 2.17. The molecule has 0 bridgehead atoms. The van der Waals surface area contributed by atoms with Gasteiger partial charge in [0.15, 0.2) is 11.4 Å². The van der Waals surface area contributed by atoms with Crippen LogP contribution in [0.4, 0.5) is 21.9 Å². The average Bonchev–Trinajstić information content (AvgIpc) is 2.25. The topological polar surface area (TPSA) is 137 Å². The minimum absolute atomic E-state index is 0.101. The van der Waals surface area contributed by atoms with Crippen molar-refractivity contribution in [1.82, 2.24) is 5.32 Å². The first-order valence-corrected chi connectivity index (χ1v) is 5.79. The Morgan fingerprint density at radius 3 is 1.90 bits per heavy atom. The minimum Gasteiger partial charge on any atom is -0.595 e. The fourth-order valence-corrected chi connectivity index (χ4v) is 1.45. The molecule has 1 rings (SSSR count). The Kier molecular flexibility index (Phi) is 5.00. The van der Waals surface area contributed by atoms with Crippen LogP contribution in [0.3, 0.4) is 0 Å². The van der Waals surface area contributed by atoms with E-state index in [0.29, 0.717) is 0 Å². The molecule has 2 unspecified atom stereocenters. The Morgan fingerprint density at radius 2 is 1.55 bits per heavy atom. The molecule has 0 aliphatic carbocycles. The summed E-state index contributed by atoms with van der Waals surface area (Å²) in [6.07, 6.45) is 0. The van der Waals surface area contributed by atoms with Gasteiger partial charge in [0.05, 0.1) is 11.8 Å². The molecule has 2 atom stereocenters. The van der Waals surface area contributed by atoms with Gasteiger partial charge in [0.1, 0.15) is 0 Å². The van der Waals surface area contributed by atoms with Gasteiger partial charge in [0.2, 0.25) is 0 Å². The number of anilines is 1. The summed E-state index contributed by atoms with van der Waals surface area (Å²) < 4.78 is 0. The Bertz CT molecular complexity index is 458. The lowest BCUT2D eigenvalue weighted by atomic mass is 10.1. The van der Waals surface area contributed by atoms with E-state index in [4.69, 9.17) is 10.4 Å². The fourth-order valence-electron chi connectivity index (χ4n) is 1.45. The lowest BCUT2D eigenvalue weighted by Crippen LogP contribution is -3.00.